The van der Waals surface area contributed by atoms with Crippen LogP contribution in [0.25, 0.3) is 0 Å². The molecular formula is C28H34O2S. The number of carboxylic acids is 1. The maximum absolute atomic E-state index is 9.49. The highest BCUT2D eigenvalue weighted by molar-refractivity contribution is 7.97. The summed E-state index contributed by atoms with van der Waals surface area (Å²) in [6, 6.07) is 27.5. The third-order valence-electron chi connectivity index (χ3n) is 5.16. The molecule has 2 nitrogen and oxygen atoms in total. The van der Waals surface area contributed by atoms with Gasteiger partial charge >= 0.3 is 0 Å². The van der Waals surface area contributed by atoms with E-state index in [1.807, 2.05) is 0 Å². The molecule has 3 rings (SSSR count). The first kappa shape index (κ1) is 24.7. The Hall–Kier alpha value is -2.52. The van der Waals surface area contributed by atoms with E-state index in [9.17, 15) is 9.90 Å². The highest BCUT2D eigenvalue weighted by Crippen LogP contribution is 2.32. The van der Waals surface area contributed by atoms with Gasteiger partial charge in [0.1, 0.15) is 0 Å². The Morgan fingerprint density at radius 2 is 0.903 bits per heavy atom. The van der Waals surface area contributed by atoms with Crippen LogP contribution in [0.3, 0.4) is 0 Å². The molecule has 0 atom stereocenters. The van der Waals surface area contributed by atoms with Gasteiger partial charge in [-0.25, -0.2) is 0 Å². The Balaban J connectivity index is 0.000000501. The van der Waals surface area contributed by atoms with Crippen molar-refractivity contribution in [3.63, 3.8) is 0 Å². The average molecular weight is 435 g/mol. The zero-order valence-electron chi connectivity index (χ0n) is 19.2. The normalized spacial score (nSPS) is 10.5. The van der Waals surface area contributed by atoms with E-state index in [-0.39, 0.29) is 17.3 Å². The standard InChI is InChI=1S/C24H27S.C4H8O2/c1-4-19-7-13-22(14-8-19)25(23-15-9-20(5-2)10-16-23)24-17-11-21(6-3)12-18-24;1-2-3-4(5)6/h7-18H,4-6H2,1-3H3;2-3H2,1H3,(H,5,6)/q+1;/p-1. The topological polar surface area (TPSA) is 40.1 Å². The Morgan fingerprint density at radius 3 is 1.06 bits per heavy atom. The van der Waals surface area contributed by atoms with Gasteiger partial charge in [-0.3, -0.25) is 0 Å². The highest BCUT2D eigenvalue weighted by atomic mass is 32.2. The van der Waals surface area contributed by atoms with E-state index < -0.39 is 5.97 Å². The largest absolute Gasteiger partial charge is 0.550 e. The minimum atomic E-state index is -0.961. The van der Waals surface area contributed by atoms with Crippen molar-refractivity contribution in [3.05, 3.63) is 89.5 Å². The fourth-order valence-corrected chi connectivity index (χ4v) is 5.24. The fraction of sp³-hybridized carbons (Fsp3) is 0.321. The molecule has 0 fully saturated rings. The first-order chi connectivity index (χ1) is 15.0. The molecule has 0 aliphatic rings. The summed E-state index contributed by atoms with van der Waals surface area (Å²) in [5, 5.41) is 9.49. The number of carboxylic acid groups (broad SMARTS) is 1. The van der Waals surface area contributed by atoms with Crippen LogP contribution in [-0.4, -0.2) is 5.97 Å². The van der Waals surface area contributed by atoms with Crippen LogP contribution in [0.5, 0.6) is 0 Å². The van der Waals surface area contributed by atoms with Gasteiger partial charge in [-0.1, -0.05) is 70.5 Å². The number of carbonyl (C=O) groups is 1. The third kappa shape index (κ3) is 7.59. The molecule has 0 radical (unpaired) electrons. The maximum atomic E-state index is 9.49. The van der Waals surface area contributed by atoms with E-state index in [0.29, 0.717) is 6.42 Å². The van der Waals surface area contributed by atoms with Gasteiger partial charge in [0.05, 0.1) is 10.9 Å². The summed E-state index contributed by atoms with van der Waals surface area (Å²) >= 11 is 0. The number of rotatable bonds is 8. The molecule has 3 heteroatoms. The monoisotopic (exact) mass is 434 g/mol. The zero-order valence-corrected chi connectivity index (χ0v) is 20.0. The molecule has 3 aromatic carbocycles. The molecule has 0 unspecified atom stereocenters. The van der Waals surface area contributed by atoms with Crippen molar-refractivity contribution in [2.24, 2.45) is 0 Å². The van der Waals surface area contributed by atoms with Gasteiger partial charge in [0.15, 0.2) is 14.7 Å². The second-order valence-corrected chi connectivity index (χ2v) is 9.45. The molecule has 0 saturated carbocycles. The average Bonchev–Trinajstić information content (AvgIpc) is 2.81. The van der Waals surface area contributed by atoms with Gasteiger partial charge in [-0.05, 0) is 78.8 Å². The van der Waals surface area contributed by atoms with Crippen LogP contribution >= 0.6 is 0 Å². The fourth-order valence-electron chi connectivity index (χ4n) is 3.20. The van der Waals surface area contributed by atoms with E-state index in [2.05, 4.69) is 93.6 Å². The van der Waals surface area contributed by atoms with E-state index in [0.717, 1.165) is 19.3 Å². The number of hydrogen-bond acceptors (Lipinski definition) is 2. The first-order valence-electron chi connectivity index (χ1n) is 11.2. The Bertz CT molecular complexity index is 800. The third-order valence-corrected chi connectivity index (χ3v) is 7.39. The predicted octanol–water partition coefficient (Wildman–Crippen LogP) is 6.01. The van der Waals surface area contributed by atoms with Crippen LogP contribution < -0.4 is 5.11 Å². The molecule has 0 heterocycles. The van der Waals surface area contributed by atoms with E-state index in [1.165, 1.54) is 31.4 Å². The quantitative estimate of drug-likeness (QED) is 0.408. The lowest BCUT2D eigenvalue weighted by molar-refractivity contribution is -0.305. The SMILES string of the molecule is CCCC(=O)[O-].CCc1ccc([S+](c2ccc(CC)cc2)c2ccc(CC)cc2)cc1. The number of carbonyl (C=O) groups excluding carboxylic acids is 1. The number of hydrogen-bond donors (Lipinski definition) is 0. The summed E-state index contributed by atoms with van der Waals surface area (Å²) in [7, 11) is -0.0454. The highest BCUT2D eigenvalue weighted by Gasteiger charge is 2.28. The zero-order chi connectivity index (χ0) is 22.6. The molecular weight excluding hydrogens is 400 g/mol. The lowest BCUT2D eigenvalue weighted by Gasteiger charge is -2.10. The molecule has 31 heavy (non-hydrogen) atoms. The first-order valence-corrected chi connectivity index (χ1v) is 12.5. The summed E-state index contributed by atoms with van der Waals surface area (Å²) in [5.41, 5.74) is 4.19. The van der Waals surface area contributed by atoms with Crippen LogP contribution in [-0.2, 0) is 35.0 Å². The predicted molar refractivity (Wildman–Crippen MR) is 130 cm³/mol. The molecule has 3 aromatic rings. The smallest absolute Gasteiger partial charge is 0.166 e. The second kappa shape index (κ2) is 13.0. The summed E-state index contributed by atoms with van der Waals surface area (Å²) < 4.78 is 0. The van der Waals surface area contributed by atoms with Gasteiger partial charge in [-0.2, -0.15) is 0 Å². The van der Waals surface area contributed by atoms with Crippen LogP contribution in [0.2, 0.25) is 0 Å². The minimum Gasteiger partial charge on any atom is -0.550 e. The van der Waals surface area contributed by atoms with Crippen molar-refractivity contribution in [3.8, 4) is 0 Å². The van der Waals surface area contributed by atoms with Crippen molar-refractivity contribution < 1.29 is 9.90 Å². The lowest BCUT2D eigenvalue weighted by atomic mass is 10.2. The van der Waals surface area contributed by atoms with Gasteiger partial charge in [0, 0.05) is 5.97 Å². The van der Waals surface area contributed by atoms with Crippen LogP contribution in [0.15, 0.2) is 87.5 Å². The van der Waals surface area contributed by atoms with E-state index in [4.69, 9.17) is 0 Å². The van der Waals surface area contributed by atoms with Crippen molar-refractivity contribution in [2.75, 3.05) is 0 Å². The van der Waals surface area contributed by atoms with Crippen molar-refractivity contribution in [1.82, 2.24) is 0 Å². The van der Waals surface area contributed by atoms with Crippen LogP contribution in [0, 0.1) is 0 Å². The number of aryl methyl sites for hydroxylation is 3. The maximum Gasteiger partial charge on any atom is 0.166 e. The van der Waals surface area contributed by atoms with Crippen LogP contribution in [0.1, 0.15) is 57.2 Å². The molecule has 0 aliphatic heterocycles. The van der Waals surface area contributed by atoms with Crippen LogP contribution in [0.4, 0.5) is 0 Å². The molecule has 0 spiro atoms. The summed E-state index contributed by atoms with van der Waals surface area (Å²) in [6.45, 7) is 8.43. The summed E-state index contributed by atoms with van der Waals surface area (Å²) in [4.78, 5) is 13.7. The molecule has 0 bridgehead atoms. The summed E-state index contributed by atoms with van der Waals surface area (Å²) in [5.74, 6) is -0.961. The Labute approximate surface area is 190 Å². The molecule has 164 valence electrons. The molecule has 0 aliphatic carbocycles. The second-order valence-electron chi connectivity index (χ2n) is 7.42. The van der Waals surface area contributed by atoms with Gasteiger partial charge < -0.3 is 9.90 Å². The van der Waals surface area contributed by atoms with E-state index >= 15 is 0 Å². The Morgan fingerprint density at radius 1 is 0.613 bits per heavy atom. The lowest BCUT2D eigenvalue weighted by Crippen LogP contribution is -2.20. The van der Waals surface area contributed by atoms with Crippen molar-refractivity contribution >= 4 is 16.9 Å². The van der Waals surface area contributed by atoms with Gasteiger partial charge in [-0.15, -0.1) is 0 Å². The van der Waals surface area contributed by atoms with Crippen molar-refractivity contribution in [2.45, 2.75) is 74.5 Å². The number of benzene rings is 3. The minimum absolute atomic E-state index is 0.0454. The Kier molecular flexibility index (Phi) is 10.4. The van der Waals surface area contributed by atoms with Gasteiger partial charge in [0.25, 0.3) is 0 Å². The number of aliphatic carboxylic acids is 1. The van der Waals surface area contributed by atoms with Gasteiger partial charge in [0.2, 0.25) is 0 Å². The molecule has 0 amide bonds. The molecule has 0 aromatic heterocycles. The molecule has 0 saturated heterocycles. The van der Waals surface area contributed by atoms with E-state index in [1.54, 1.807) is 6.92 Å². The molecule has 0 N–H and O–H groups in total. The summed E-state index contributed by atoms with van der Waals surface area (Å²) in [6.07, 6.45) is 4.11. The van der Waals surface area contributed by atoms with Crippen molar-refractivity contribution in [1.29, 1.82) is 0 Å².